The number of benzene rings is 1. The second-order valence-electron chi connectivity index (χ2n) is 3.45. The maximum atomic E-state index is 11.1. The van der Waals surface area contributed by atoms with Gasteiger partial charge in [0.05, 0.1) is 0 Å². The van der Waals surface area contributed by atoms with Crippen molar-refractivity contribution in [1.29, 1.82) is 0 Å². The lowest BCUT2D eigenvalue weighted by molar-refractivity contribution is -0.122. The zero-order chi connectivity index (χ0) is 11.3. The first-order valence-electron chi connectivity index (χ1n) is 4.78. The number of aliphatic hydroxyl groups is 1. The summed E-state index contributed by atoms with van der Waals surface area (Å²) in [6, 6.07) is 7.29. The van der Waals surface area contributed by atoms with Crippen molar-refractivity contribution >= 4 is 17.5 Å². The molecule has 0 bridgehead atoms. The highest BCUT2D eigenvalue weighted by Crippen LogP contribution is 2.16. The number of hydrogen-bond donors (Lipinski definition) is 2. The van der Waals surface area contributed by atoms with Gasteiger partial charge in [-0.25, -0.2) is 0 Å². The Hall–Kier alpha value is -1.06. The van der Waals surface area contributed by atoms with E-state index in [0.29, 0.717) is 17.9 Å². The number of amides is 1. The molecule has 1 rings (SSSR count). The second-order valence-corrected chi connectivity index (χ2v) is 3.88. The molecule has 1 aromatic rings. The van der Waals surface area contributed by atoms with Crippen molar-refractivity contribution in [3.8, 4) is 0 Å². The van der Waals surface area contributed by atoms with Crippen molar-refractivity contribution < 1.29 is 9.90 Å². The Morgan fingerprint density at radius 3 is 2.80 bits per heavy atom. The molecule has 0 saturated carbocycles. The summed E-state index contributed by atoms with van der Waals surface area (Å²) < 4.78 is 0. The molecule has 4 heteroatoms. The van der Waals surface area contributed by atoms with Crippen LogP contribution in [0.1, 0.15) is 12.0 Å². The third-order valence-corrected chi connectivity index (χ3v) is 2.49. The SMILES string of the molecule is NC(=O)C(CCO)Cc1cccc(Cl)c1. The van der Waals surface area contributed by atoms with E-state index in [-0.39, 0.29) is 18.4 Å². The van der Waals surface area contributed by atoms with Gasteiger partial charge in [-0.1, -0.05) is 23.7 Å². The Morgan fingerprint density at radius 1 is 1.53 bits per heavy atom. The van der Waals surface area contributed by atoms with Crippen molar-refractivity contribution in [2.45, 2.75) is 12.8 Å². The average Bonchev–Trinajstić information content (AvgIpc) is 2.17. The van der Waals surface area contributed by atoms with Gasteiger partial charge in [0.25, 0.3) is 0 Å². The zero-order valence-electron chi connectivity index (χ0n) is 8.32. The first kappa shape index (κ1) is 12.0. The first-order chi connectivity index (χ1) is 7.13. The molecule has 0 aliphatic rings. The summed E-state index contributed by atoms with van der Waals surface area (Å²) in [5.41, 5.74) is 6.18. The van der Waals surface area contributed by atoms with Gasteiger partial charge in [-0.15, -0.1) is 0 Å². The highest BCUT2D eigenvalue weighted by Gasteiger charge is 2.15. The molecule has 1 amide bonds. The van der Waals surface area contributed by atoms with E-state index in [1.807, 2.05) is 12.1 Å². The fourth-order valence-electron chi connectivity index (χ4n) is 1.45. The number of carbonyl (C=O) groups is 1. The van der Waals surface area contributed by atoms with Gasteiger partial charge < -0.3 is 10.8 Å². The van der Waals surface area contributed by atoms with Crippen molar-refractivity contribution in [3.05, 3.63) is 34.9 Å². The summed E-state index contributed by atoms with van der Waals surface area (Å²) >= 11 is 5.82. The van der Waals surface area contributed by atoms with Crippen LogP contribution in [0.2, 0.25) is 5.02 Å². The predicted octanol–water partition coefficient (Wildman–Crippen LogP) is 1.37. The van der Waals surface area contributed by atoms with Crippen LogP contribution in [-0.4, -0.2) is 17.6 Å². The maximum absolute atomic E-state index is 11.1. The summed E-state index contributed by atoms with van der Waals surface area (Å²) in [7, 11) is 0. The molecule has 0 aliphatic heterocycles. The standard InChI is InChI=1S/C11H14ClNO2/c12-10-3-1-2-8(7-10)6-9(4-5-14)11(13)15/h1-3,7,9,14H,4-6H2,(H2,13,15). The Balaban J connectivity index is 2.69. The minimum atomic E-state index is -0.385. The van der Waals surface area contributed by atoms with Gasteiger partial charge in [-0.2, -0.15) is 0 Å². The molecule has 3 N–H and O–H groups in total. The average molecular weight is 228 g/mol. The Bertz CT molecular complexity index is 341. The molecular weight excluding hydrogens is 214 g/mol. The molecule has 0 radical (unpaired) electrons. The summed E-state index contributed by atoms with van der Waals surface area (Å²) in [4.78, 5) is 11.1. The molecule has 0 fully saturated rings. The van der Waals surface area contributed by atoms with Crippen LogP contribution in [0.15, 0.2) is 24.3 Å². The molecule has 1 atom stereocenters. The lowest BCUT2D eigenvalue weighted by atomic mass is 9.96. The van der Waals surface area contributed by atoms with Gasteiger partial charge >= 0.3 is 0 Å². The quantitative estimate of drug-likeness (QED) is 0.798. The number of rotatable bonds is 5. The maximum Gasteiger partial charge on any atom is 0.220 e. The minimum absolute atomic E-state index is 0.0336. The Labute approximate surface area is 93.9 Å². The molecule has 0 aliphatic carbocycles. The smallest absolute Gasteiger partial charge is 0.220 e. The highest BCUT2D eigenvalue weighted by molar-refractivity contribution is 6.30. The Kier molecular flexibility index (Phi) is 4.59. The van der Waals surface area contributed by atoms with Gasteiger partial charge in [0.1, 0.15) is 0 Å². The van der Waals surface area contributed by atoms with Gasteiger partial charge in [-0.3, -0.25) is 4.79 Å². The van der Waals surface area contributed by atoms with E-state index in [0.717, 1.165) is 5.56 Å². The highest BCUT2D eigenvalue weighted by atomic mass is 35.5. The minimum Gasteiger partial charge on any atom is -0.396 e. The van der Waals surface area contributed by atoms with Crippen LogP contribution in [0.3, 0.4) is 0 Å². The molecule has 0 saturated heterocycles. The van der Waals surface area contributed by atoms with Crippen LogP contribution < -0.4 is 5.73 Å². The van der Waals surface area contributed by atoms with Crippen LogP contribution in [0, 0.1) is 5.92 Å². The molecule has 0 heterocycles. The van der Waals surface area contributed by atoms with Crippen LogP contribution in [0.4, 0.5) is 0 Å². The fourth-order valence-corrected chi connectivity index (χ4v) is 1.66. The van der Waals surface area contributed by atoms with Crippen molar-refractivity contribution in [3.63, 3.8) is 0 Å². The van der Waals surface area contributed by atoms with E-state index in [1.165, 1.54) is 0 Å². The van der Waals surface area contributed by atoms with Crippen LogP contribution >= 0.6 is 11.6 Å². The number of nitrogens with two attached hydrogens (primary N) is 1. The van der Waals surface area contributed by atoms with Crippen molar-refractivity contribution in [2.75, 3.05) is 6.61 Å². The molecule has 0 aromatic heterocycles. The molecule has 3 nitrogen and oxygen atoms in total. The van der Waals surface area contributed by atoms with Crippen molar-refractivity contribution in [2.24, 2.45) is 11.7 Å². The van der Waals surface area contributed by atoms with Gasteiger partial charge in [-0.05, 0) is 30.5 Å². The van der Waals surface area contributed by atoms with Crippen LogP contribution in [0.5, 0.6) is 0 Å². The van der Waals surface area contributed by atoms with E-state index in [1.54, 1.807) is 12.1 Å². The molecule has 15 heavy (non-hydrogen) atoms. The lowest BCUT2D eigenvalue weighted by Gasteiger charge is -2.11. The summed E-state index contributed by atoms with van der Waals surface area (Å²) in [6.45, 7) is -0.0336. The largest absolute Gasteiger partial charge is 0.396 e. The van der Waals surface area contributed by atoms with Crippen LogP contribution in [-0.2, 0) is 11.2 Å². The van der Waals surface area contributed by atoms with Gasteiger partial charge in [0, 0.05) is 17.5 Å². The van der Waals surface area contributed by atoms with Gasteiger partial charge in [0.2, 0.25) is 5.91 Å². The zero-order valence-corrected chi connectivity index (χ0v) is 9.07. The van der Waals surface area contributed by atoms with Gasteiger partial charge in [0.15, 0.2) is 0 Å². The number of primary amides is 1. The fraction of sp³-hybridized carbons (Fsp3) is 0.364. The summed E-state index contributed by atoms with van der Waals surface area (Å²) in [6.07, 6.45) is 0.915. The van der Waals surface area contributed by atoms with E-state index in [4.69, 9.17) is 22.4 Å². The van der Waals surface area contributed by atoms with E-state index >= 15 is 0 Å². The predicted molar refractivity (Wildman–Crippen MR) is 59.5 cm³/mol. The number of hydrogen-bond acceptors (Lipinski definition) is 2. The first-order valence-corrected chi connectivity index (χ1v) is 5.16. The number of carbonyl (C=O) groups excluding carboxylic acids is 1. The lowest BCUT2D eigenvalue weighted by Crippen LogP contribution is -2.26. The molecule has 82 valence electrons. The topological polar surface area (TPSA) is 63.3 Å². The third kappa shape index (κ3) is 3.90. The third-order valence-electron chi connectivity index (χ3n) is 2.25. The monoisotopic (exact) mass is 227 g/mol. The molecular formula is C11H14ClNO2. The molecule has 1 unspecified atom stereocenters. The van der Waals surface area contributed by atoms with Crippen LogP contribution in [0.25, 0.3) is 0 Å². The van der Waals surface area contributed by atoms with Crippen molar-refractivity contribution in [1.82, 2.24) is 0 Å². The molecule has 1 aromatic carbocycles. The normalized spacial score (nSPS) is 12.4. The number of halogens is 1. The summed E-state index contributed by atoms with van der Waals surface area (Å²) in [5.74, 6) is -0.711. The Morgan fingerprint density at radius 2 is 2.27 bits per heavy atom. The van der Waals surface area contributed by atoms with E-state index < -0.39 is 0 Å². The second kappa shape index (κ2) is 5.73. The van der Waals surface area contributed by atoms with E-state index in [2.05, 4.69) is 0 Å². The molecule has 0 spiro atoms. The number of aliphatic hydroxyl groups excluding tert-OH is 1. The van der Waals surface area contributed by atoms with E-state index in [9.17, 15) is 4.79 Å². The summed E-state index contributed by atoms with van der Waals surface area (Å²) in [5, 5.41) is 9.42.